The number of methoxy groups -OCH3 is 1. The number of rotatable bonds is 4. The van der Waals surface area contributed by atoms with Gasteiger partial charge in [0.15, 0.2) is 0 Å². The number of hydrogen-bond donors (Lipinski definition) is 2. The Morgan fingerprint density at radius 3 is 2.80 bits per heavy atom. The third kappa shape index (κ3) is 3.07. The van der Waals surface area contributed by atoms with Crippen LogP contribution in [0.15, 0.2) is 18.2 Å². The molecule has 0 amide bonds. The van der Waals surface area contributed by atoms with Crippen LogP contribution < -0.4 is 10.2 Å². The average molecular weight is 278 g/mol. The summed E-state index contributed by atoms with van der Waals surface area (Å²) in [4.78, 5) is 2.29. The molecule has 0 aromatic heterocycles. The van der Waals surface area contributed by atoms with Crippen LogP contribution in [0.1, 0.15) is 31.9 Å². The van der Waals surface area contributed by atoms with Gasteiger partial charge < -0.3 is 20.1 Å². The Labute approximate surface area is 121 Å². The van der Waals surface area contributed by atoms with E-state index in [1.54, 1.807) is 7.11 Å². The predicted molar refractivity (Wildman–Crippen MR) is 82.4 cm³/mol. The Balaban J connectivity index is 2.15. The van der Waals surface area contributed by atoms with Gasteiger partial charge in [0, 0.05) is 43.6 Å². The highest BCUT2D eigenvalue weighted by Gasteiger charge is 2.26. The molecular formula is C16H26N2O2. The van der Waals surface area contributed by atoms with Crippen LogP contribution in [-0.2, 0) is 4.74 Å². The molecule has 2 N–H and O–H groups in total. The highest BCUT2D eigenvalue weighted by molar-refractivity contribution is 5.54. The van der Waals surface area contributed by atoms with Gasteiger partial charge in [0.05, 0.1) is 6.10 Å². The fourth-order valence-electron chi connectivity index (χ4n) is 2.83. The normalized spacial score (nSPS) is 24.7. The summed E-state index contributed by atoms with van der Waals surface area (Å²) in [5.74, 6) is 0.949. The fraction of sp³-hybridized carbons (Fsp3) is 0.625. The van der Waals surface area contributed by atoms with Crippen molar-refractivity contribution < 1.29 is 9.84 Å². The lowest BCUT2D eigenvalue weighted by molar-refractivity contribution is 0.0498. The number of nitrogens with zero attached hydrogens (tertiary/aromatic N) is 1. The number of benzene rings is 1. The maximum Gasteiger partial charge on any atom is 0.122 e. The second-order valence-electron chi connectivity index (χ2n) is 5.74. The first-order valence-electron chi connectivity index (χ1n) is 7.34. The summed E-state index contributed by atoms with van der Waals surface area (Å²) in [6.45, 7) is 6.18. The Morgan fingerprint density at radius 2 is 2.20 bits per heavy atom. The van der Waals surface area contributed by atoms with Crippen molar-refractivity contribution in [3.8, 4) is 5.75 Å². The maximum atomic E-state index is 10.2. The van der Waals surface area contributed by atoms with E-state index in [1.165, 1.54) is 0 Å². The van der Waals surface area contributed by atoms with Gasteiger partial charge in [0.25, 0.3) is 0 Å². The number of piperidine rings is 1. The van der Waals surface area contributed by atoms with Gasteiger partial charge in [-0.15, -0.1) is 0 Å². The molecule has 0 aliphatic carbocycles. The molecule has 112 valence electrons. The molecule has 0 spiro atoms. The SMILES string of the molecule is CNC(C)c1ccc(N2CCC(C)C(OC)C2)cc1O. The van der Waals surface area contributed by atoms with Crippen molar-refractivity contribution in [1.82, 2.24) is 5.32 Å². The summed E-state index contributed by atoms with van der Waals surface area (Å²) in [5, 5.41) is 13.4. The minimum Gasteiger partial charge on any atom is -0.508 e. The van der Waals surface area contributed by atoms with E-state index in [1.807, 2.05) is 26.1 Å². The first-order valence-corrected chi connectivity index (χ1v) is 7.34. The number of phenols is 1. The van der Waals surface area contributed by atoms with Gasteiger partial charge in [-0.3, -0.25) is 0 Å². The van der Waals surface area contributed by atoms with Gasteiger partial charge >= 0.3 is 0 Å². The molecule has 0 radical (unpaired) electrons. The summed E-state index contributed by atoms with van der Waals surface area (Å²) < 4.78 is 5.55. The minimum atomic E-state index is 0.150. The predicted octanol–water partition coefficient (Wildman–Crippen LogP) is 2.53. The van der Waals surface area contributed by atoms with Crippen LogP contribution in [0.5, 0.6) is 5.75 Å². The van der Waals surface area contributed by atoms with Crippen LogP contribution >= 0.6 is 0 Å². The smallest absolute Gasteiger partial charge is 0.122 e. The topological polar surface area (TPSA) is 44.7 Å². The molecule has 4 nitrogen and oxygen atoms in total. The number of nitrogens with one attached hydrogen (secondary N) is 1. The first kappa shape index (κ1) is 15.1. The molecule has 0 bridgehead atoms. The second-order valence-corrected chi connectivity index (χ2v) is 5.74. The van der Waals surface area contributed by atoms with Gasteiger partial charge in [0.2, 0.25) is 0 Å². The maximum absolute atomic E-state index is 10.2. The number of ether oxygens (including phenoxy) is 1. The highest BCUT2D eigenvalue weighted by atomic mass is 16.5. The monoisotopic (exact) mass is 278 g/mol. The number of phenolic OH excluding ortho intramolecular Hbond substituents is 1. The lowest BCUT2D eigenvalue weighted by Gasteiger charge is -2.37. The Hall–Kier alpha value is -1.26. The van der Waals surface area contributed by atoms with Crippen molar-refractivity contribution in [3.05, 3.63) is 23.8 Å². The summed E-state index contributed by atoms with van der Waals surface area (Å²) in [6.07, 6.45) is 1.38. The van der Waals surface area contributed by atoms with Crippen LogP contribution in [0.3, 0.4) is 0 Å². The largest absolute Gasteiger partial charge is 0.508 e. The third-order valence-electron chi connectivity index (χ3n) is 4.47. The average Bonchev–Trinajstić information content (AvgIpc) is 2.47. The number of hydrogen-bond acceptors (Lipinski definition) is 4. The van der Waals surface area contributed by atoms with E-state index in [4.69, 9.17) is 4.74 Å². The van der Waals surface area contributed by atoms with Crippen molar-refractivity contribution in [1.29, 1.82) is 0 Å². The zero-order valence-electron chi connectivity index (χ0n) is 12.9. The van der Waals surface area contributed by atoms with E-state index >= 15 is 0 Å². The van der Waals surface area contributed by atoms with E-state index in [0.29, 0.717) is 11.7 Å². The van der Waals surface area contributed by atoms with Crippen molar-refractivity contribution >= 4 is 5.69 Å². The lowest BCUT2D eigenvalue weighted by Crippen LogP contribution is -2.43. The Bertz CT molecular complexity index is 450. The molecule has 1 aliphatic rings. The van der Waals surface area contributed by atoms with E-state index in [0.717, 1.165) is 30.8 Å². The number of anilines is 1. The summed E-state index contributed by atoms with van der Waals surface area (Å²) in [6, 6.07) is 6.11. The molecule has 3 unspecified atom stereocenters. The van der Waals surface area contributed by atoms with E-state index in [9.17, 15) is 5.11 Å². The zero-order valence-corrected chi connectivity index (χ0v) is 12.9. The molecule has 1 aromatic rings. The molecule has 3 atom stereocenters. The van der Waals surface area contributed by atoms with Crippen LogP contribution in [0.4, 0.5) is 5.69 Å². The quantitative estimate of drug-likeness (QED) is 0.888. The van der Waals surface area contributed by atoms with E-state index in [-0.39, 0.29) is 12.1 Å². The Kier molecular flexibility index (Phi) is 4.89. The van der Waals surface area contributed by atoms with Gasteiger partial charge in [-0.25, -0.2) is 0 Å². The van der Waals surface area contributed by atoms with Crippen LogP contribution in [0, 0.1) is 5.92 Å². The fourth-order valence-corrected chi connectivity index (χ4v) is 2.83. The van der Waals surface area contributed by atoms with E-state index < -0.39 is 0 Å². The van der Waals surface area contributed by atoms with Crippen molar-refractivity contribution in [2.45, 2.75) is 32.4 Å². The van der Waals surface area contributed by atoms with Gasteiger partial charge in [0.1, 0.15) is 5.75 Å². The summed E-state index contributed by atoms with van der Waals surface area (Å²) in [5.41, 5.74) is 2.01. The van der Waals surface area contributed by atoms with Crippen molar-refractivity contribution in [2.75, 3.05) is 32.1 Å². The van der Waals surface area contributed by atoms with E-state index in [2.05, 4.69) is 23.2 Å². The molecule has 1 aromatic carbocycles. The molecule has 1 aliphatic heterocycles. The van der Waals surface area contributed by atoms with Crippen molar-refractivity contribution in [2.24, 2.45) is 5.92 Å². The molecule has 1 saturated heterocycles. The highest BCUT2D eigenvalue weighted by Crippen LogP contribution is 2.31. The molecule has 4 heteroatoms. The molecule has 1 fully saturated rings. The first-order chi connectivity index (χ1) is 9.56. The number of aromatic hydroxyl groups is 1. The van der Waals surface area contributed by atoms with Crippen LogP contribution in [-0.4, -0.2) is 38.5 Å². The molecular weight excluding hydrogens is 252 g/mol. The van der Waals surface area contributed by atoms with Crippen molar-refractivity contribution in [3.63, 3.8) is 0 Å². The third-order valence-corrected chi connectivity index (χ3v) is 4.47. The van der Waals surface area contributed by atoms with Gasteiger partial charge in [-0.05, 0) is 32.4 Å². The molecule has 1 heterocycles. The second kappa shape index (κ2) is 6.46. The minimum absolute atomic E-state index is 0.150. The molecule has 2 rings (SSSR count). The van der Waals surface area contributed by atoms with Gasteiger partial charge in [-0.2, -0.15) is 0 Å². The Morgan fingerprint density at radius 1 is 1.45 bits per heavy atom. The van der Waals surface area contributed by atoms with Crippen LogP contribution in [0.25, 0.3) is 0 Å². The summed E-state index contributed by atoms with van der Waals surface area (Å²) in [7, 11) is 3.67. The standard InChI is InChI=1S/C16H26N2O2/c1-11-7-8-18(10-16(11)20-4)13-5-6-14(12(2)17-3)15(19)9-13/h5-6,9,11-12,16-17,19H,7-8,10H2,1-4H3. The lowest BCUT2D eigenvalue weighted by atomic mass is 9.95. The molecule has 0 saturated carbocycles. The zero-order chi connectivity index (χ0) is 14.7. The summed E-state index contributed by atoms with van der Waals surface area (Å²) >= 11 is 0. The molecule has 20 heavy (non-hydrogen) atoms. The van der Waals surface area contributed by atoms with Gasteiger partial charge in [-0.1, -0.05) is 13.0 Å². The van der Waals surface area contributed by atoms with Crippen LogP contribution in [0.2, 0.25) is 0 Å².